The van der Waals surface area contributed by atoms with Crippen molar-refractivity contribution in [2.45, 2.75) is 89.9 Å². The molecule has 0 nitrogen and oxygen atoms in total. The Labute approximate surface area is 189 Å². The summed E-state index contributed by atoms with van der Waals surface area (Å²) in [4.78, 5) is 0. The van der Waals surface area contributed by atoms with Gasteiger partial charge in [-0.1, -0.05) is 103 Å². The van der Waals surface area contributed by atoms with Crippen molar-refractivity contribution >= 4 is 22.2 Å². The highest BCUT2D eigenvalue weighted by Crippen LogP contribution is 2.64. The van der Waals surface area contributed by atoms with Gasteiger partial charge < -0.3 is 0 Å². The molecule has 0 amide bonds. The third kappa shape index (κ3) is 3.64. The van der Waals surface area contributed by atoms with Gasteiger partial charge in [0.2, 0.25) is 0 Å². The lowest BCUT2D eigenvalue weighted by Gasteiger charge is -2.44. The summed E-state index contributed by atoms with van der Waals surface area (Å²) in [5, 5.41) is 0. The summed E-state index contributed by atoms with van der Waals surface area (Å²) in [5.74, 6) is 6.01. The number of benzene rings is 1. The Kier molecular flexibility index (Phi) is 5.84. The second-order valence-electron chi connectivity index (χ2n) is 13.2. The third-order valence-corrected chi connectivity index (χ3v) is 17.2. The lowest BCUT2D eigenvalue weighted by molar-refractivity contribution is 0.352. The van der Waals surface area contributed by atoms with Gasteiger partial charge in [-0.2, -0.15) is 0 Å². The molecular formula is C28H46Si2. The van der Waals surface area contributed by atoms with Crippen molar-refractivity contribution in [1.29, 1.82) is 0 Å². The van der Waals surface area contributed by atoms with Crippen molar-refractivity contribution in [2.75, 3.05) is 0 Å². The molecule has 0 heterocycles. The highest BCUT2D eigenvalue weighted by atomic mass is 28.3. The van der Waals surface area contributed by atoms with Crippen molar-refractivity contribution in [1.82, 2.24) is 0 Å². The number of hydrogen-bond acceptors (Lipinski definition) is 0. The number of rotatable bonds is 4. The smallest absolute Gasteiger partial charge is 0.0547 e. The van der Waals surface area contributed by atoms with Crippen LogP contribution in [0, 0.1) is 35.5 Å². The highest BCUT2D eigenvalue weighted by molar-refractivity contribution is 6.80. The monoisotopic (exact) mass is 438 g/mol. The minimum absolute atomic E-state index is 0.775. The van der Waals surface area contributed by atoms with Gasteiger partial charge in [-0.15, -0.1) is 0 Å². The van der Waals surface area contributed by atoms with E-state index in [4.69, 9.17) is 0 Å². The molecule has 2 saturated carbocycles. The topological polar surface area (TPSA) is 0 Å². The fraction of sp³-hybridized carbons (Fsp3) is 0.714. The minimum atomic E-state index is -1.43. The lowest BCUT2D eigenvalue weighted by Crippen LogP contribution is -2.43. The summed E-state index contributed by atoms with van der Waals surface area (Å²) < 4.78 is 0. The Morgan fingerprint density at radius 3 is 2.03 bits per heavy atom. The normalized spacial score (nSPS) is 41.0. The minimum Gasteiger partial charge on any atom is -0.0802 e. The Bertz CT molecular complexity index is 787. The third-order valence-electron chi connectivity index (χ3n) is 10.1. The average Bonchev–Trinajstić information content (AvgIpc) is 3.12. The van der Waals surface area contributed by atoms with Crippen molar-refractivity contribution in [2.24, 2.45) is 35.5 Å². The van der Waals surface area contributed by atoms with Gasteiger partial charge in [0, 0.05) is 8.07 Å². The maximum absolute atomic E-state index is 2.79. The molecular weight excluding hydrogens is 392 g/mol. The Morgan fingerprint density at radius 2 is 1.43 bits per heavy atom. The lowest BCUT2D eigenvalue weighted by atomic mass is 9.78. The molecule has 0 bridgehead atoms. The van der Waals surface area contributed by atoms with Gasteiger partial charge in [0.15, 0.2) is 0 Å². The van der Waals surface area contributed by atoms with E-state index >= 15 is 0 Å². The molecule has 1 aromatic rings. The van der Waals surface area contributed by atoms with Crippen molar-refractivity contribution in [3.63, 3.8) is 0 Å². The summed E-state index contributed by atoms with van der Waals surface area (Å²) in [5.41, 5.74) is 5.10. The average molecular weight is 439 g/mol. The van der Waals surface area contributed by atoms with E-state index in [-0.39, 0.29) is 0 Å². The van der Waals surface area contributed by atoms with Crippen molar-refractivity contribution < 1.29 is 0 Å². The number of allylic oxidation sites excluding steroid dienone is 1. The van der Waals surface area contributed by atoms with Crippen LogP contribution >= 0.6 is 0 Å². The van der Waals surface area contributed by atoms with Crippen LogP contribution in [0.1, 0.15) is 51.2 Å². The van der Waals surface area contributed by atoms with Crippen LogP contribution in [0.25, 0.3) is 6.08 Å². The quantitative estimate of drug-likeness (QED) is 0.412. The molecule has 2 heteroatoms. The van der Waals surface area contributed by atoms with Crippen LogP contribution < -0.4 is 0 Å². The standard InChI is InChI=1S/C28H46Si2/c1-18-19(2)21(4)28(20(18)3)30(8,9)26-16-23(17-29(5,6)7)27-24-13-11-10-12-22(24)14-15-25(26)27/h10-15,18-21,23,25-28H,16-17H2,1-9H3. The molecule has 8 atom stereocenters. The molecule has 4 rings (SSSR count). The molecule has 1 aromatic carbocycles. The fourth-order valence-corrected chi connectivity index (χ4v) is 16.6. The summed E-state index contributed by atoms with van der Waals surface area (Å²) >= 11 is 0. The molecule has 0 aromatic heterocycles. The van der Waals surface area contributed by atoms with Crippen molar-refractivity contribution in [3.05, 3.63) is 41.5 Å². The molecule has 0 aliphatic heterocycles. The first-order valence-electron chi connectivity index (χ1n) is 12.7. The van der Waals surface area contributed by atoms with E-state index in [9.17, 15) is 0 Å². The zero-order valence-corrected chi connectivity index (χ0v) is 23.1. The van der Waals surface area contributed by atoms with Crippen LogP contribution in [0.3, 0.4) is 0 Å². The van der Waals surface area contributed by atoms with E-state index in [1.165, 1.54) is 18.0 Å². The second kappa shape index (κ2) is 7.76. The predicted octanol–water partition coefficient (Wildman–Crippen LogP) is 8.78. The van der Waals surface area contributed by atoms with Gasteiger partial charge in [-0.25, -0.2) is 0 Å². The fourth-order valence-electron chi connectivity index (χ4n) is 8.58. The van der Waals surface area contributed by atoms with Crippen LogP contribution in [-0.4, -0.2) is 16.1 Å². The Hall–Kier alpha value is -0.606. The Morgan fingerprint density at radius 1 is 0.833 bits per heavy atom. The number of hydrogen-bond donors (Lipinski definition) is 0. The Balaban J connectivity index is 1.73. The van der Waals surface area contributed by atoms with E-state index in [0.29, 0.717) is 0 Å². The summed E-state index contributed by atoms with van der Waals surface area (Å²) in [7, 11) is -2.53. The van der Waals surface area contributed by atoms with Crippen LogP contribution in [-0.2, 0) is 0 Å². The molecule has 30 heavy (non-hydrogen) atoms. The maximum Gasteiger partial charge on any atom is 0.0547 e. The first-order valence-corrected chi connectivity index (χ1v) is 19.6. The van der Waals surface area contributed by atoms with E-state index < -0.39 is 16.1 Å². The van der Waals surface area contributed by atoms with E-state index in [2.05, 4.69) is 96.8 Å². The van der Waals surface area contributed by atoms with E-state index in [1.807, 2.05) is 0 Å². The molecule has 166 valence electrons. The summed E-state index contributed by atoms with van der Waals surface area (Å²) in [6, 6.07) is 10.8. The largest absolute Gasteiger partial charge is 0.0802 e. The van der Waals surface area contributed by atoms with Crippen molar-refractivity contribution in [3.8, 4) is 0 Å². The van der Waals surface area contributed by atoms with Crippen LogP contribution in [0.5, 0.6) is 0 Å². The van der Waals surface area contributed by atoms with Gasteiger partial charge in [-0.3, -0.25) is 0 Å². The zero-order chi connectivity index (χ0) is 22.0. The van der Waals surface area contributed by atoms with E-state index in [0.717, 1.165) is 52.5 Å². The van der Waals surface area contributed by atoms with Gasteiger partial charge in [0.05, 0.1) is 8.07 Å². The zero-order valence-electron chi connectivity index (χ0n) is 21.1. The SMILES string of the molecule is CC1C(C)C(C)C([Si](C)(C)C2CC(C[Si](C)(C)C)C3c4ccccc4C=CC32)C1C. The van der Waals surface area contributed by atoms with Gasteiger partial charge >= 0.3 is 0 Å². The van der Waals surface area contributed by atoms with Gasteiger partial charge in [-0.05, 0) is 70.1 Å². The first-order chi connectivity index (χ1) is 13.9. The molecule has 0 radical (unpaired) electrons. The molecule has 8 unspecified atom stereocenters. The first kappa shape index (κ1) is 22.6. The molecule has 0 saturated heterocycles. The van der Waals surface area contributed by atoms with Crippen LogP contribution in [0.2, 0.25) is 49.9 Å². The summed E-state index contributed by atoms with van der Waals surface area (Å²) in [6.45, 7) is 23.6. The summed E-state index contributed by atoms with van der Waals surface area (Å²) in [6.07, 6.45) is 6.65. The highest BCUT2D eigenvalue weighted by Gasteiger charge is 2.57. The maximum atomic E-state index is 2.79. The molecule has 2 fully saturated rings. The molecule has 3 aliphatic carbocycles. The van der Waals surface area contributed by atoms with Crippen LogP contribution in [0.15, 0.2) is 30.3 Å². The predicted molar refractivity (Wildman–Crippen MR) is 140 cm³/mol. The second-order valence-corrected chi connectivity index (χ2v) is 23.8. The van der Waals surface area contributed by atoms with E-state index in [1.54, 1.807) is 5.56 Å². The number of fused-ring (bicyclic) bond motifs is 3. The molecule has 0 N–H and O–H groups in total. The van der Waals surface area contributed by atoms with Crippen LogP contribution in [0.4, 0.5) is 0 Å². The molecule has 3 aliphatic rings. The van der Waals surface area contributed by atoms with Gasteiger partial charge in [0.25, 0.3) is 0 Å². The molecule has 0 spiro atoms. The van der Waals surface area contributed by atoms with Gasteiger partial charge in [0.1, 0.15) is 0 Å².